The number of nitrogens with zero attached hydrogens (tertiary/aromatic N) is 3. The highest BCUT2D eigenvalue weighted by atomic mass is 16.1. The standard InChI is InChI=1S/C23H24N4O/c28-22(25-20-7-3-1-4-8-20)12-11-19-17-27(21-9-5-2-6-10-21)26-23(19)18-13-15-24-16-14-18/h2,5-6,9-17,20H,1,3-4,7-8H2,(H,25,28)/b12-11+. The van der Waals surface area contributed by atoms with Gasteiger partial charge in [-0.2, -0.15) is 5.10 Å². The number of nitrogens with one attached hydrogen (secondary N) is 1. The molecule has 1 saturated carbocycles. The molecule has 142 valence electrons. The van der Waals surface area contributed by atoms with E-state index in [9.17, 15) is 4.79 Å². The van der Waals surface area contributed by atoms with Crippen LogP contribution >= 0.6 is 0 Å². The largest absolute Gasteiger partial charge is 0.350 e. The zero-order valence-corrected chi connectivity index (χ0v) is 15.8. The highest BCUT2D eigenvalue weighted by Gasteiger charge is 2.15. The number of benzene rings is 1. The Balaban J connectivity index is 1.59. The Labute approximate surface area is 165 Å². The topological polar surface area (TPSA) is 59.8 Å². The summed E-state index contributed by atoms with van der Waals surface area (Å²) in [6.07, 6.45) is 14.7. The van der Waals surface area contributed by atoms with Gasteiger partial charge in [0.15, 0.2) is 0 Å². The first-order valence-corrected chi connectivity index (χ1v) is 9.84. The number of aromatic nitrogens is 3. The van der Waals surface area contributed by atoms with Crippen molar-refractivity contribution in [1.29, 1.82) is 0 Å². The first-order valence-electron chi connectivity index (χ1n) is 9.84. The molecule has 28 heavy (non-hydrogen) atoms. The van der Waals surface area contributed by atoms with Gasteiger partial charge in [-0.1, -0.05) is 37.5 Å². The molecule has 1 aromatic carbocycles. The van der Waals surface area contributed by atoms with E-state index in [4.69, 9.17) is 5.10 Å². The van der Waals surface area contributed by atoms with Crippen LogP contribution in [0.1, 0.15) is 37.7 Å². The zero-order valence-electron chi connectivity index (χ0n) is 15.8. The number of carbonyl (C=O) groups is 1. The molecule has 0 bridgehead atoms. The van der Waals surface area contributed by atoms with E-state index >= 15 is 0 Å². The Kier molecular flexibility index (Phi) is 5.61. The molecule has 1 amide bonds. The van der Waals surface area contributed by atoms with E-state index < -0.39 is 0 Å². The summed E-state index contributed by atoms with van der Waals surface area (Å²) in [5.41, 5.74) is 3.67. The van der Waals surface area contributed by atoms with Crippen molar-refractivity contribution in [2.24, 2.45) is 0 Å². The van der Waals surface area contributed by atoms with Crippen LogP contribution < -0.4 is 5.32 Å². The van der Waals surface area contributed by atoms with Gasteiger partial charge in [-0.3, -0.25) is 9.78 Å². The number of amides is 1. The smallest absolute Gasteiger partial charge is 0.244 e. The van der Waals surface area contributed by atoms with Crippen LogP contribution in [0.15, 0.2) is 67.1 Å². The molecule has 5 heteroatoms. The lowest BCUT2D eigenvalue weighted by Gasteiger charge is -2.21. The fourth-order valence-corrected chi connectivity index (χ4v) is 3.62. The van der Waals surface area contributed by atoms with E-state index in [1.807, 2.05) is 59.4 Å². The predicted molar refractivity (Wildman–Crippen MR) is 111 cm³/mol. The van der Waals surface area contributed by atoms with Gasteiger partial charge < -0.3 is 5.32 Å². The summed E-state index contributed by atoms with van der Waals surface area (Å²) < 4.78 is 1.84. The van der Waals surface area contributed by atoms with Crippen LogP contribution in [0, 0.1) is 0 Å². The molecule has 2 heterocycles. The Morgan fingerprint density at radius 3 is 2.54 bits per heavy atom. The van der Waals surface area contributed by atoms with E-state index in [0.29, 0.717) is 6.04 Å². The van der Waals surface area contributed by atoms with Crippen LogP contribution in [-0.2, 0) is 4.79 Å². The summed E-state index contributed by atoms with van der Waals surface area (Å²) >= 11 is 0. The van der Waals surface area contributed by atoms with E-state index in [0.717, 1.165) is 35.3 Å². The molecule has 5 nitrogen and oxygen atoms in total. The van der Waals surface area contributed by atoms with E-state index in [1.54, 1.807) is 18.5 Å². The Morgan fingerprint density at radius 2 is 1.79 bits per heavy atom. The fraction of sp³-hybridized carbons (Fsp3) is 0.261. The van der Waals surface area contributed by atoms with Gasteiger partial charge in [0.2, 0.25) is 5.91 Å². The highest BCUT2D eigenvalue weighted by molar-refractivity contribution is 5.93. The minimum atomic E-state index is -0.0416. The van der Waals surface area contributed by atoms with Crippen molar-refractivity contribution < 1.29 is 4.79 Å². The van der Waals surface area contributed by atoms with E-state index in [2.05, 4.69) is 10.3 Å². The highest BCUT2D eigenvalue weighted by Crippen LogP contribution is 2.24. The van der Waals surface area contributed by atoms with Gasteiger partial charge in [-0.25, -0.2) is 4.68 Å². The van der Waals surface area contributed by atoms with Gasteiger partial charge in [-0.15, -0.1) is 0 Å². The Bertz CT molecular complexity index is 941. The molecular formula is C23H24N4O. The maximum absolute atomic E-state index is 12.4. The van der Waals surface area contributed by atoms with Crippen LogP contribution in [-0.4, -0.2) is 26.7 Å². The van der Waals surface area contributed by atoms with Crippen molar-refractivity contribution in [3.8, 4) is 16.9 Å². The minimum Gasteiger partial charge on any atom is -0.350 e. The lowest BCUT2D eigenvalue weighted by molar-refractivity contribution is -0.117. The van der Waals surface area contributed by atoms with Crippen molar-refractivity contribution in [2.45, 2.75) is 38.1 Å². The van der Waals surface area contributed by atoms with Crippen molar-refractivity contribution in [1.82, 2.24) is 20.1 Å². The van der Waals surface area contributed by atoms with Crippen LogP contribution in [0.2, 0.25) is 0 Å². The second kappa shape index (κ2) is 8.65. The lowest BCUT2D eigenvalue weighted by Crippen LogP contribution is -2.34. The van der Waals surface area contributed by atoms with Crippen LogP contribution in [0.5, 0.6) is 0 Å². The summed E-state index contributed by atoms with van der Waals surface area (Å²) in [5, 5.41) is 7.87. The third-order valence-electron chi connectivity index (χ3n) is 5.08. The van der Waals surface area contributed by atoms with Gasteiger partial charge in [-0.05, 0) is 43.2 Å². The molecule has 3 aromatic rings. The normalized spacial score (nSPS) is 15.0. The number of carbonyl (C=O) groups excluding carboxylic acids is 1. The molecule has 1 N–H and O–H groups in total. The van der Waals surface area contributed by atoms with Gasteiger partial charge in [0, 0.05) is 41.8 Å². The summed E-state index contributed by atoms with van der Waals surface area (Å²) in [6.45, 7) is 0. The quantitative estimate of drug-likeness (QED) is 0.676. The van der Waals surface area contributed by atoms with Crippen molar-refractivity contribution in [3.63, 3.8) is 0 Å². The van der Waals surface area contributed by atoms with E-state index in [1.165, 1.54) is 19.3 Å². The molecule has 1 aliphatic rings. The molecule has 0 unspecified atom stereocenters. The molecule has 0 spiro atoms. The molecule has 1 aliphatic carbocycles. The Morgan fingerprint density at radius 1 is 1.04 bits per heavy atom. The molecule has 4 rings (SSSR count). The third kappa shape index (κ3) is 4.36. The average molecular weight is 372 g/mol. The van der Waals surface area contributed by atoms with Crippen LogP contribution in [0.25, 0.3) is 23.0 Å². The number of rotatable bonds is 5. The SMILES string of the molecule is O=C(/C=C/c1cn(-c2ccccc2)nc1-c1ccncc1)NC1CCCCC1. The summed E-state index contributed by atoms with van der Waals surface area (Å²) in [4.78, 5) is 16.5. The predicted octanol–water partition coefficient (Wildman–Crippen LogP) is 4.40. The van der Waals surface area contributed by atoms with Crippen LogP contribution in [0.4, 0.5) is 0 Å². The van der Waals surface area contributed by atoms with Gasteiger partial charge in [0.05, 0.1) is 5.69 Å². The third-order valence-corrected chi connectivity index (χ3v) is 5.08. The Hall–Kier alpha value is -3.21. The molecule has 1 fully saturated rings. The lowest BCUT2D eigenvalue weighted by atomic mass is 9.95. The number of hydrogen-bond acceptors (Lipinski definition) is 3. The maximum atomic E-state index is 12.4. The number of hydrogen-bond donors (Lipinski definition) is 1. The number of pyridine rings is 1. The van der Waals surface area contributed by atoms with Gasteiger partial charge in [0.1, 0.15) is 5.69 Å². The average Bonchev–Trinajstić information content (AvgIpc) is 3.19. The summed E-state index contributed by atoms with van der Waals surface area (Å²) in [6, 6.07) is 14.1. The second-order valence-electron chi connectivity index (χ2n) is 7.13. The summed E-state index contributed by atoms with van der Waals surface area (Å²) in [5.74, 6) is -0.0416. The zero-order chi connectivity index (χ0) is 19.2. The van der Waals surface area contributed by atoms with Crippen molar-refractivity contribution in [2.75, 3.05) is 0 Å². The molecule has 2 aromatic heterocycles. The first kappa shape index (κ1) is 18.2. The monoisotopic (exact) mass is 372 g/mol. The molecule has 0 atom stereocenters. The molecule has 0 saturated heterocycles. The molecular weight excluding hydrogens is 348 g/mol. The molecule has 0 aliphatic heterocycles. The van der Waals surface area contributed by atoms with Gasteiger partial charge >= 0.3 is 0 Å². The number of para-hydroxylation sites is 1. The summed E-state index contributed by atoms with van der Waals surface area (Å²) in [7, 11) is 0. The van der Waals surface area contributed by atoms with Crippen LogP contribution in [0.3, 0.4) is 0 Å². The van der Waals surface area contributed by atoms with E-state index in [-0.39, 0.29) is 5.91 Å². The van der Waals surface area contributed by atoms with Gasteiger partial charge in [0.25, 0.3) is 0 Å². The maximum Gasteiger partial charge on any atom is 0.244 e. The minimum absolute atomic E-state index is 0.0416. The van der Waals surface area contributed by atoms with Crippen molar-refractivity contribution in [3.05, 3.63) is 72.7 Å². The fourth-order valence-electron chi connectivity index (χ4n) is 3.62. The van der Waals surface area contributed by atoms with Crippen molar-refractivity contribution >= 4 is 12.0 Å². The molecule has 0 radical (unpaired) electrons. The second-order valence-corrected chi connectivity index (χ2v) is 7.13. The first-order chi connectivity index (χ1) is 13.8.